The van der Waals surface area contributed by atoms with E-state index in [0.717, 1.165) is 24.4 Å². The van der Waals surface area contributed by atoms with Gasteiger partial charge in [-0.1, -0.05) is 31.1 Å². The highest BCUT2D eigenvalue weighted by molar-refractivity contribution is 5.44. The second-order valence-corrected chi connectivity index (χ2v) is 3.86. The van der Waals surface area contributed by atoms with E-state index in [1.165, 1.54) is 5.56 Å². The van der Waals surface area contributed by atoms with Crippen LogP contribution >= 0.6 is 0 Å². The van der Waals surface area contributed by atoms with Gasteiger partial charge in [-0.3, -0.25) is 0 Å². The molecule has 17 heavy (non-hydrogen) atoms. The maximum atomic E-state index is 5.10. The summed E-state index contributed by atoms with van der Waals surface area (Å²) in [6.07, 6.45) is 1.86. The molecule has 0 aliphatic carbocycles. The fourth-order valence-electron chi connectivity index (χ4n) is 1.54. The lowest BCUT2D eigenvalue weighted by molar-refractivity contribution is 0.378. The summed E-state index contributed by atoms with van der Waals surface area (Å²) >= 11 is 0. The van der Waals surface area contributed by atoms with Gasteiger partial charge in [0.05, 0.1) is 6.54 Å². The minimum Gasteiger partial charge on any atom is -0.376 e. The molecule has 0 aliphatic rings. The van der Waals surface area contributed by atoms with Crippen LogP contribution in [0.2, 0.25) is 0 Å². The second-order valence-electron chi connectivity index (χ2n) is 3.86. The summed E-state index contributed by atoms with van der Waals surface area (Å²) in [4.78, 5) is 4.24. The molecule has 0 bridgehead atoms. The fraction of sp³-hybridized carbons (Fsp3) is 0.385. The van der Waals surface area contributed by atoms with Crippen LogP contribution < -0.4 is 5.32 Å². The van der Waals surface area contributed by atoms with Gasteiger partial charge in [0.25, 0.3) is 0 Å². The van der Waals surface area contributed by atoms with E-state index >= 15 is 0 Å². The maximum Gasteiger partial charge on any atom is 0.245 e. The van der Waals surface area contributed by atoms with Gasteiger partial charge in [0.15, 0.2) is 5.82 Å². The Bertz CT molecular complexity index is 462. The van der Waals surface area contributed by atoms with Gasteiger partial charge in [0.1, 0.15) is 0 Å². The van der Waals surface area contributed by atoms with Gasteiger partial charge < -0.3 is 9.84 Å². The highest BCUT2D eigenvalue weighted by Gasteiger charge is 2.03. The van der Waals surface area contributed by atoms with E-state index in [9.17, 15) is 0 Å². The Labute approximate surface area is 101 Å². The number of nitrogens with zero attached hydrogens (tertiary/aromatic N) is 2. The maximum absolute atomic E-state index is 5.10. The molecule has 1 heterocycles. The summed E-state index contributed by atoms with van der Waals surface area (Å²) in [6, 6.07) is 8.37. The van der Waals surface area contributed by atoms with Gasteiger partial charge >= 0.3 is 0 Å². The number of aryl methyl sites for hydroxylation is 2. The quantitative estimate of drug-likeness (QED) is 0.859. The van der Waals surface area contributed by atoms with E-state index in [4.69, 9.17) is 4.52 Å². The normalized spacial score (nSPS) is 10.5. The molecule has 0 radical (unpaired) electrons. The standard InChI is InChI=1S/C13H17N3O/c1-3-10-5-7-11(8-6-10)14-9-13-15-12(4-2)16-17-13/h5-8,14H,3-4,9H2,1-2H3. The van der Waals surface area contributed by atoms with Crippen molar-refractivity contribution in [3.05, 3.63) is 41.5 Å². The lowest BCUT2D eigenvalue weighted by Gasteiger charge is -2.03. The Balaban J connectivity index is 1.92. The number of nitrogens with one attached hydrogen (secondary N) is 1. The molecule has 1 N–H and O–H groups in total. The summed E-state index contributed by atoms with van der Waals surface area (Å²) in [5.74, 6) is 1.38. The van der Waals surface area contributed by atoms with Gasteiger partial charge in [-0.15, -0.1) is 0 Å². The third kappa shape index (κ3) is 3.06. The van der Waals surface area contributed by atoms with Crippen LogP contribution in [0.15, 0.2) is 28.8 Å². The van der Waals surface area contributed by atoms with Gasteiger partial charge in [-0.25, -0.2) is 0 Å². The number of aromatic nitrogens is 2. The second kappa shape index (κ2) is 5.48. The van der Waals surface area contributed by atoms with Crippen LogP contribution in [0.1, 0.15) is 31.1 Å². The van der Waals surface area contributed by atoms with Gasteiger partial charge in [-0.05, 0) is 24.1 Å². The number of hydrogen-bond donors (Lipinski definition) is 1. The zero-order chi connectivity index (χ0) is 12.1. The van der Waals surface area contributed by atoms with E-state index in [1.54, 1.807) is 0 Å². The molecular formula is C13H17N3O. The van der Waals surface area contributed by atoms with Crippen molar-refractivity contribution >= 4 is 5.69 Å². The molecule has 0 aliphatic heterocycles. The van der Waals surface area contributed by atoms with Crippen molar-refractivity contribution in [1.29, 1.82) is 0 Å². The summed E-state index contributed by atoms with van der Waals surface area (Å²) in [7, 11) is 0. The molecule has 0 amide bonds. The Morgan fingerprint density at radius 2 is 1.88 bits per heavy atom. The minimum absolute atomic E-state index is 0.568. The molecule has 2 aromatic rings. The Morgan fingerprint density at radius 3 is 2.47 bits per heavy atom. The molecule has 4 nitrogen and oxygen atoms in total. The zero-order valence-electron chi connectivity index (χ0n) is 10.2. The first kappa shape index (κ1) is 11.6. The Morgan fingerprint density at radius 1 is 1.12 bits per heavy atom. The van der Waals surface area contributed by atoms with Crippen LogP contribution in [0.25, 0.3) is 0 Å². The summed E-state index contributed by atoms with van der Waals surface area (Å²) < 4.78 is 5.10. The lowest BCUT2D eigenvalue weighted by Crippen LogP contribution is -1.99. The van der Waals surface area contributed by atoms with E-state index in [2.05, 4.69) is 46.6 Å². The number of rotatable bonds is 5. The van der Waals surface area contributed by atoms with Crippen molar-refractivity contribution in [2.75, 3.05) is 5.32 Å². The van der Waals surface area contributed by atoms with Gasteiger partial charge in [0.2, 0.25) is 5.89 Å². The van der Waals surface area contributed by atoms with Crippen molar-refractivity contribution < 1.29 is 4.52 Å². The van der Waals surface area contributed by atoms with Crippen LogP contribution in [0.5, 0.6) is 0 Å². The Kier molecular flexibility index (Phi) is 3.75. The van der Waals surface area contributed by atoms with Gasteiger partial charge in [0, 0.05) is 12.1 Å². The van der Waals surface area contributed by atoms with Crippen molar-refractivity contribution in [2.24, 2.45) is 0 Å². The predicted octanol–water partition coefficient (Wildman–Crippen LogP) is 2.81. The van der Waals surface area contributed by atoms with E-state index in [0.29, 0.717) is 12.4 Å². The van der Waals surface area contributed by atoms with Crippen LogP contribution in [0.4, 0.5) is 5.69 Å². The van der Waals surface area contributed by atoms with E-state index in [-0.39, 0.29) is 0 Å². The van der Waals surface area contributed by atoms with Crippen LogP contribution in [-0.2, 0) is 19.4 Å². The average molecular weight is 231 g/mol. The van der Waals surface area contributed by atoms with Crippen molar-refractivity contribution in [1.82, 2.24) is 10.1 Å². The van der Waals surface area contributed by atoms with Crippen molar-refractivity contribution in [3.63, 3.8) is 0 Å². The summed E-state index contributed by atoms with van der Waals surface area (Å²) in [5, 5.41) is 7.10. The highest BCUT2D eigenvalue weighted by Crippen LogP contribution is 2.11. The molecule has 0 fully saturated rings. The van der Waals surface area contributed by atoms with Crippen molar-refractivity contribution in [3.8, 4) is 0 Å². The zero-order valence-corrected chi connectivity index (χ0v) is 10.2. The lowest BCUT2D eigenvalue weighted by atomic mass is 10.1. The first-order valence-electron chi connectivity index (χ1n) is 5.96. The smallest absolute Gasteiger partial charge is 0.245 e. The fourth-order valence-corrected chi connectivity index (χ4v) is 1.54. The highest BCUT2D eigenvalue weighted by atomic mass is 16.5. The first-order chi connectivity index (χ1) is 8.31. The molecule has 0 spiro atoms. The molecule has 0 unspecified atom stereocenters. The SMILES string of the molecule is CCc1ccc(NCc2nc(CC)no2)cc1. The van der Waals surface area contributed by atoms with Crippen LogP contribution in [0, 0.1) is 0 Å². The Hall–Kier alpha value is -1.84. The molecule has 0 atom stereocenters. The molecule has 4 heteroatoms. The van der Waals surface area contributed by atoms with Crippen molar-refractivity contribution in [2.45, 2.75) is 33.2 Å². The van der Waals surface area contributed by atoms with Crippen LogP contribution in [0.3, 0.4) is 0 Å². The molecule has 0 saturated heterocycles. The molecular weight excluding hydrogens is 214 g/mol. The first-order valence-corrected chi connectivity index (χ1v) is 5.96. The summed E-state index contributed by atoms with van der Waals surface area (Å²) in [5.41, 5.74) is 2.40. The average Bonchev–Trinajstić information content (AvgIpc) is 2.85. The van der Waals surface area contributed by atoms with E-state index in [1.807, 2.05) is 6.92 Å². The third-order valence-electron chi connectivity index (χ3n) is 2.63. The van der Waals surface area contributed by atoms with E-state index < -0.39 is 0 Å². The molecule has 90 valence electrons. The molecule has 1 aromatic heterocycles. The minimum atomic E-state index is 0.568. The largest absolute Gasteiger partial charge is 0.376 e. The van der Waals surface area contributed by atoms with Crippen LogP contribution in [-0.4, -0.2) is 10.1 Å². The number of benzene rings is 1. The summed E-state index contributed by atoms with van der Waals surface area (Å²) in [6.45, 7) is 4.72. The monoisotopic (exact) mass is 231 g/mol. The molecule has 1 aromatic carbocycles. The molecule has 2 rings (SSSR count). The predicted molar refractivity (Wildman–Crippen MR) is 66.8 cm³/mol. The number of anilines is 1. The topological polar surface area (TPSA) is 51.0 Å². The number of hydrogen-bond acceptors (Lipinski definition) is 4. The third-order valence-corrected chi connectivity index (χ3v) is 2.63. The molecule has 0 saturated carbocycles. The van der Waals surface area contributed by atoms with Gasteiger partial charge in [-0.2, -0.15) is 4.98 Å².